The summed E-state index contributed by atoms with van der Waals surface area (Å²) in [5.41, 5.74) is 2.35. The smallest absolute Gasteiger partial charge is 0.338 e. The van der Waals surface area contributed by atoms with E-state index in [4.69, 9.17) is 4.74 Å². The summed E-state index contributed by atoms with van der Waals surface area (Å²) >= 11 is 0. The van der Waals surface area contributed by atoms with Gasteiger partial charge < -0.3 is 14.5 Å². The Morgan fingerprint density at radius 3 is 2.38 bits per heavy atom. The highest BCUT2D eigenvalue weighted by Crippen LogP contribution is 2.22. The Labute approximate surface area is 196 Å². The number of nitrogens with zero attached hydrogens (tertiary/aromatic N) is 6. The highest BCUT2D eigenvalue weighted by molar-refractivity contribution is 5.88. The van der Waals surface area contributed by atoms with Gasteiger partial charge in [-0.25, -0.2) is 24.1 Å². The van der Waals surface area contributed by atoms with Crippen molar-refractivity contribution in [1.29, 1.82) is 0 Å². The molecule has 0 bridgehead atoms. The van der Waals surface area contributed by atoms with Gasteiger partial charge in [-0.05, 0) is 31.2 Å². The second-order valence-electron chi connectivity index (χ2n) is 8.13. The number of benzene rings is 2. The number of piperazine rings is 1. The minimum atomic E-state index is -0.423. The predicted molar refractivity (Wildman–Crippen MR) is 130 cm³/mol. The third kappa shape index (κ3) is 3.89. The van der Waals surface area contributed by atoms with Crippen LogP contribution >= 0.6 is 0 Å². The minimum absolute atomic E-state index is 0.349. The van der Waals surface area contributed by atoms with Crippen molar-refractivity contribution in [1.82, 2.24) is 24.0 Å². The van der Waals surface area contributed by atoms with Crippen LogP contribution in [0.25, 0.3) is 22.6 Å². The van der Waals surface area contributed by atoms with Gasteiger partial charge >= 0.3 is 11.7 Å². The molecule has 0 N–H and O–H groups in total. The Bertz CT molecular complexity index is 1370. The summed E-state index contributed by atoms with van der Waals surface area (Å²) in [7, 11) is 1.63. The van der Waals surface area contributed by atoms with Gasteiger partial charge in [0.05, 0.1) is 12.8 Å². The number of amides is 1. The Balaban J connectivity index is 1.36. The molecule has 1 saturated heterocycles. The van der Waals surface area contributed by atoms with Crippen LogP contribution in [0.2, 0.25) is 0 Å². The fourth-order valence-electron chi connectivity index (χ4n) is 4.24. The number of ether oxygens (including phenoxy) is 1. The minimum Gasteiger partial charge on any atom is -0.494 e. The highest BCUT2D eigenvalue weighted by atomic mass is 16.5. The molecule has 1 aliphatic rings. The van der Waals surface area contributed by atoms with Crippen LogP contribution < -0.4 is 15.3 Å². The van der Waals surface area contributed by atoms with Crippen molar-refractivity contribution in [2.45, 2.75) is 6.92 Å². The maximum atomic E-state index is 13.3. The molecule has 9 heteroatoms. The number of aromatic nitrogens is 4. The first-order chi connectivity index (χ1) is 16.6. The van der Waals surface area contributed by atoms with Crippen LogP contribution in [-0.2, 0) is 7.05 Å². The van der Waals surface area contributed by atoms with Crippen LogP contribution in [0.15, 0.2) is 65.6 Å². The monoisotopic (exact) mass is 458 g/mol. The first-order valence-corrected chi connectivity index (χ1v) is 11.3. The molecule has 1 aliphatic heterocycles. The third-order valence-electron chi connectivity index (χ3n) is 6.07. The lowest BCUT2D eigenvalue weighted by Crippen LogP contribution is -2.51. The van der Waals surface area contributed by atoms with Crippen molar-refractivity contribution in [2.75, 3.05) is 37.7 Å². The maximum absolute atomic E-state index is 13.3. The summed E-state index contributed by atoms with van der Waals surface area (Å²) in [5, 5.41) is 0. The molecule has 174 valence electrons. The van der Waals surface area contributed by atoms with Crippen molar-refractivity contribution in [3.8, 4) is 17.1 Å². The standard InChI is InChI=1S/C25H26N6O3/c1-3-34-20-11-9-19(10-12-20)29-13-15-30(16-14-29)25(33)31-21-17-26-22(18-7-5-4-6-8-18)27-23(21)28(2)24(31)32/h4-12,17H,3,13-16H2,1-2H3. The van der Waals surface area contributed by atoms with E-state index in [0.717, 1.165) is 17.0 Å². The van der Waals surface area contributed by atoms with E-state index in [1.165, 1.54) is 9.13 Å². The Kier molecular flexibility index (Phi) is 5.75. The molecule has 1 amide bonds. The molecule has 0 spiro atoms. The molecule has 0 saturated carbocycles. The van der Waals surface area contributed by atoms with Crippen LogP contribution in [0.1, 0.15) is 6.92 Å². The van der Waals surface area contributed by atoms with Gasteiger partial charge in [0, 0.05) is 44.5 Å². The van der Waals surface area contributed by atoms with E-state index in [2.05, 4.69) is 14.9 Å². The summed E-state index contributed by atoms with van der Waals surface area (Å²) in [6.45, 7) is 4.96. The lowest BCUT2D eigenvalue weighted by atomic mass is 10.2. The number of aryl methyl sites for hydroxylation is 1. The predicted octanol–water partition coefficient (Wildman–Crippen LogP) is 2.99. The molecule has 0 unspecified atom stereocenters. The van der Waals surface area contributed by atoms with Gasteiger partial charge in [-0.3, -0.25) is 4.57 Å². The Hall–Kier alpha value is -4.14. The van der Waals surface area contributed by atoms with Crippen LogP contribution in [0, 0.1) is 0 Å². The highest BCUT2D eigenvalue weighted by Gasteiger charge is 2.27. The maximum Gasteiger partial charge on any atom is 0.338 e. The van der Waals surface area contributed by atoms with E-state index in [9.17, 15) is 9.59 Å². The molecule has 3 heterocycles. The van der Waals surface area contributed by atoms with E-state index in [0.29, 0.717) is 49.8 Å². The van der Waals surface area contributed by atoms with Crippen molar-refractivity contribution in [3.05, 3.63) is 71.3 Å². The average molecular weight is 459 g/mol. The summed E-state index contributed by atoms with van der Waals surface area (Å²) in [5.74, 6) is 1.35. The van der Waals surface area contributed by atoms with Crippen molar-refractivity contribution >= 4 is 22.9 Å². The van der Waals surface area contributed by atoms with Gasteiger partial charge in [0.1, 0.15) is 11.3 Å². The average Bonchev–Trinajstić information content (AvgIpc) is 3.14. The molecule has 0 radical (unpaired) electrons. The van der Waals surface area contributed by atoms with Gasteiger partial charge in [-0.2, -0.15) is 0 Å². The fraction of sp³-hybridized carbons (Fsp3) is 0.280. The quantitative estimate of drug-likeness (QED) is 0.467. The van der Waals surface area contributed by atoms with E-state index >= 15 is 0 Å². The number of carbonyl (C=O) groups excluding carboxylic acids is 1. The number of rotatable bonds is 4. The van der Waals surface area contributed by atoms with Crippen LogP contribution in [-0.4, -0.2) is 62.8 Å². The molecule has 0 atom stereocenters. The first-order valence-electron chi connectivity index (χ1n) is 11.3. The summed E-state index contributed by atoms with van der Waals surface area (Å²) in [6.07, 6.45) is 1.56. The Morgan fingerprint density at radius 2 is 1.71 bits per heavy atom. The molecular formula is C25H26N6O3. The van der Waals surface area contributed by atoms with Crippen LogP contribution in [0.5, 0.6) is 5.75 Å². The zero-order chi connectivity index (χ0) is 23.7. The number of hydrogen-bond donors (Lipinski definition) is 0. The summed E-state index contributed by atoms with van der Waals surface area (Å²) < 4.78 is 8.09. The van der Waals surface area contributed by atoms with E-state index < -0.39 is 5.69 Å². The second-order valence-corrected chi connectivity index (χ2v) is 8.13. The summed E-state index contributed by atoms with van der Waals surface area (Å²) in [6, 6.07) is 17.2. The molecule has 0 aliphatic carbocycles. The SMILES string of the molecule is CCOc1ccc(N2CCN(C(=O)n3c(=O)n(C)c4nc(-c5ccccc5)ncc43)CC2)cc1. The van der Waals surface area contributed by atoms with Gasteiger partial charge in [0.25, 0.3) is 0 Å². The number of hydrogen-bond acceptors (Lipinski definition) is 6. The zero-order valence-corrected chi connectivity index (χ0v) is 19.2. The van der Waals surface area contributed by atoms with Gasteiger partial charge in [-0.15, -0.1) is 0 Å². The summed E-state index contributed by atoms with van der Waals surface area (Å²) in [4.78, 5) is 39.2. The van der Waals surface area contributed by atoms with Gasteiger partial charge in [-0.1, -0.05) is 30.3 Å². The zero-order valence-electron chi connectivity index (χ0n) is 19.2. The molecule has 2 aromatic carbocycles. The van der Waals surface area contributed by atoms with Crippen molar-refractivity contribution in [2.24, 2.45) is 7.05 Å². The van der Waals surface area contributed by atoms with E-state index in [1.54, 1.807) is 18.1 Å². The second kappa shape index (κ2) is 9.01. The van der Waals surface area contributed by atoms with E-state index in [1.807, 2.05) is 61.5 Å². The number of anilines is 1. The number of carbonyl (C=O) groups is 1. The van der Waals surface area contributed by atoms with Crippen molar-refractivity contribution in [3.63, 3.8) is 0 Å². The normalized spacial score (nSPS) is 13.9. The van der Waals surface area contributed by atoms with Gasteiger partial charge in [0.15, 0.2) is 11.5 Å². The topological polar surface area (TPSA) is 85.5 Å². The molecule has 9 nitrogen and oxygen atoms in total. The van der Waals surface area contributed by atoms with Crippen molar-refractivity contribution < 1.29 is 9.53 Å². The third-order valence-corrected chi connectivity index (χ3v) is 6.07. The molecule has 4 aromatic rings. The van der Waals surface area contributed by atoms with Gasteiger partial charge in [0.2, 0.25) is 0 Å². The lowest BCUT2D eigenvalue weighted by molar-refractivity contribution is 0.196. The molecule has 1 fully saturated rings. The Morgan fingerprint density at radius 1 is 1.00 bits per heavy atom. The lowest BCUT2D eigenvalue weighted by Gasteiger charge is -2.36. The van der Waals surface area contributed by atoms with E-state index in [-0.39, 0.29) is 6.03 Å². The molecule has 5 rings (SSSR count). The number of fused-ring (bicyclic) bond motifs is 1. The molecular weight excluding hydrogens is 432 g/mol. The van der Waals surface area contributed by atoms with Crippen LogP contribution in [0.3, 0.4) is 0 Å². The largest absolute Gasteiger partial charge is 0.494 e. The number of imidazole rings is 1. The first kappa shape index (κ1) is 21.7. The fourth-order valence-corrected chi connectivity index (χ4v) is 4.24. The molecule has 2 aromatic heterocycles. The van der Waals surface area contributed by atoms with Crippen LogP contribution in [0.4, 0.5) is 10.5 Å². The molecule has 34 heavy (non-hydrogen) atoms.